The average Bonchev–Trinajstić information content (AvgIpc) is 3.20. The van der Waals surface area contributed by atoms with Crippen LogP contribution in [0.5, 0.6) is 0 Å². The van der Waals surface area contributed by atoms with Crippen molar-refractivity contribution in [2.45, 2.75) is 26.4 Å². The van der Waals surface area contributed by atoms with E-state index in [1.165, 1.54) is 22.4 Å². The highest BCUT2D eigenvalue weighted by molar-refractivity contribution is 7.88. The minimum absolute atomic E-state index is 0.0636. The lowest BCUT2D eigenvalue weighted by molar-refractivity contribution is -0.116. The van der Waals surface area contributed by atoms with E-state index in [-0.39, 0.29) is 17.5 Å². The predicted molar refractivity (Wildman–Crippen MR) is 136 cm³/mol. The number of aromatic nitrogens is 2. The molecule has 182 valence electrons. The molecule has 4 heterocycles. The SMILES string of the molecule is CC(=O)N(C)c1cc(-c2cn(C)c(=O)c3cc(CN4CCN(S(C)(=O)=O)CC4C)sc23)ccn1. The minimum Gasteiger partial charge on any atom is -0.317 e. The van der Waals surface area contributed by atoms with Gasteiger partial charge in [0, 0.05) is 80.8 Å². The zero-order chi connectivity index (χ0) is 24.8. The van der Waals surface area contributed by atoms with Gasteiger partial charge >= 0.3 is 0 Å². The Kier molecular flexibility index (Phi) is 6.65. The average molecular weight is 504 g/mol. The maximum atomic E-state index is 12.9. The molecule has 1 saturated heterocycles. The molecule has 1 fully saturated rings. The van der Waals surface area contributed by atoms with Crippen molar-refractivity contribution < 1.29 is 13.2 Å². The second-order valence-corrected chi connectivity index (χ2v) is 12.0. The third kappa shape index (κ3) is 4.78. The third-order valence-electron chi connectivity index (χ3n) is 6.33. The van der Waals surface area contributed by atoms with Crippen LogP contribution in [0, 0.1) is 0 Å². The van der Waals surface area contributed by atoms with Crippen molar-refractivity contribution >= 4 is 43.2 Å². The molecule has 3 aromatic rings. The fourth-order valence-electron chi connectivity index (χ4n) is 4.21. The van der Waals surface area contributed by atoms with Crippen LogP contribution in [0.2, 0.25) is 0 Å². The van der Waals surface area contributed by atoms with E-state index in [1.807, 2.05) is 31.3 Å². The first-order valence-corrected chi connectivity index (χ1v) is 13.6. The molecule has 0 aromatic carbocycles. The summed E-state index contributed by atoms with van der Waals surface area (Å²) < 4.78 is 27.8. The number of rotatable bonds is 5. The summed E-state index contributed by atoms with van der Waals surface area (Å²) in [6.07, 6.45) is 4.74. The van der Waals surface area contributed by atoms with Gasteiger partial charge in [-0.1, -0.05) is 0 Å². The maximum absolute atomic E-state index is 12.9. The molecule has 3 aromatic heterocycles. The van der Waals surface area contributed by atoms with Crippen molar-refractivity contribution in [3.63, 3.8) is 0 Å². The molecule has 11 heteroatoms. The number of hydrogen-bond donors (Lipinski definition) is 0. The molecule has 0 spiro atoms. The van der Waals surface area contributed by atoms with Crippen molar-refractivity contribution in [1.29, 1.82) is 0 Å². The van der Waals surface area contributed by atoms with E-state index in [9.17, 15) is 18.0 Å². The van der Waals surface area contributed by atoms with Crippen molar-refractivity contribution in [2.24, 2.45) is 7.05 Å². The van der Waals surface area contributed by atoms with Gasteiger partial charge in [0.1, 0.15) is 5.82 Å². The molecule has 1 aliphatic heterocycles. The Morgan fingerprint density at radius 1 is 1.29 bits per heavy atom. The molecule has 0 bridgehead atoms. The monoisotopic (exact) mass is 503 g/mol. The number of fused-ring (bicyclic) bond motifs is 1. The first-order chi connectivity index (χ1) is 16.0. The Hall–Kier alpha value is -2.60. The van der Waals surface area contributed by atoms with Crippen LogP contribution >= 0.6 is 11.3 Å². The third-order valence-corrected chi connectivity index (χ3v) is 8.75. The molecule has 1 aliphatic rings. The van der Waals surface area contributed by atoms with Crippen LogP contribution in [-0.4, -0.2) is 72.1 Å². The van der Waals surface area contributed by atoms with E-state index in [2.05, 4.69) is 9.88 Å². The van der Waals surface area contributed by atoms with Crippen LogP contribution in [0.4, 0.5) is 5.82 Å². The van der Waals surface area contributed by atoms with Gasteiger partial charge in [0.15, 0.2) is 0 Å². The van der Waals surface area contributed by atoms with Gasteiger partial charge in [-0.15, -0.1) is 11.3 Å². The van der Waals surface area contributed by atoms with Crippen molar-refractivity contribution in [3.8, 4) is 11.1 Å². The van der Waals surface area contributed by atoms with E-state index in [0.717, 1.165) is 20.7 Å². The summed E-state index contributed by atoms with van der Waals surface area (Å²) >= 11 is 1.58. The summed E-state index contributed by atoms with van der Waals surface area (Å²) in [6.45, 7) is 5.72. The highest BCUT2D eigenvalue weighted by Gasteiger charge is 2.29. The smallest absolute Gasteiger partial charge is 0.259 e. The molecule has 4 rings (SSSR count). The Morgan fingerprint density at radius 2 is 2.03 bits per heavy atom. The summed E-state index contributed by atoms with van der Waals surface area (Å²) in [6, 6.07) is 5.75. The number of nitrogens with zero attached hydrogens (tertiary/aromatic N) is 5. The van der Waals surface area contributed by atoms with Gasteiger partial charge in [-0.3, -0.25) is 14.5 Å². The van der Waals surface area contributed by atoms with E-state index in [0.29, 0.717) is 37.4 Å². The number of anilines is 1. The first kappa shape index (κ1) is 24.5. The molecule has 0 N–H and O–H groups in total. The number of carbonyl (C=O) groups excluding carboxylic acids is 1. The largest absolute Gasteiger partial charge is 0.317 e. The molecular formula is C23H29N5O4S2. The minimum atomic E-state index is -3.20. The standard InChI is InChI=1S/C23H29N5O4S2/c1-15-12-28(34(5,31)32)9-8-27(15)13-18-11-19-22(33-18)20(14-25(3)23(19)30)17-6-7-24-21(10-17)26(4)16(2)29/h6-7,10-11,14-15H,8-9,12-13H2,1-5H3. The summed E-state index contributed by atoms with van der Waals surface area (Å²) in [5.74, 6) is 0.431. The second kappa shape index (κ2) is 9.21. The summed E-state index contributed by atoms with van der Waals surface area (Å²) in [5, 5.41) is 0.653. The van der Waals surface area contributed by atoms with Crippen molar-refractivity contribution in [1.82, 2.24) is 18.8 Å². The number of sulfonamides is 1. The van der Waals surface area contributed by atoms with Crippen LogP contribution in [-0.2, 0) is 28.4 Å². The lowest BCUT2D eigenvalue weighted by Gasteiger charge is -2.38. The number of aryl methyl sites for hydroxylation is 1. The van der Waals surface area contributed by atoms with E-state index in [1.54, 1.807) is 36.2 Å². The van der Waals surface area contributed by atoms with Crippen LogP contribution in [0.1, 0.15) is 18.7 Å². The normalized spacial score (nSPS) is 17.9. The Balaban J connectivity index is 1.69. The van der Waals surface area contributed by atoms with Gasteiger partial charge in [-0.25, -0.2) is 13.4 Å². The highest BCUT2D eigenvalue weighted by atomic mass is 32.2. The Morgan fingerprint density at radius 3 is 2.68 bits per heavy atom. The van der Waals surface area contributed by atoms with Crippen LogP contribution < -0.4 is 10.5 Å². The number of pyridine rings is 2. The number of piperazine rings is 1. The topological polar surface area (TPSA) is 95.8 Å². The van der Waals surface area contributed by atoms with Gasteiger partial charge in [-0.05, 0) is 30.7 Å². The number of hydrogen-bond acceptors (Lipinski definition) is 7. The molecule has 1 unspecified atom stereocenters. The molecule has 0 saturated carbocycles. The van der Waals surface area contributed by atoms with E-state index in [4.69, 9.17) is 0 Å². The van der Waals surface area contributed by atoms with Crippen molar-refractivity contribution in [3.05, 3.63) is 45.8 Å². The Labute approximate surface area is 203 Å². The van der Waals surface area contributed by atoms with Gasteiger partial charge in [0.2, 0.25) is 15.9 Å². The van der Waals surface area contributed by atoms with E-state index < -0.39 is 10.0 Å². The maximum Gasteiger partial charge on any atom is 0.259 e. The molecule has 9 nitrogen and oxygen atoms in total. The highest BCUT2D eigenvalue weighted by Crippen LogP contribution is 2.35. The molecule has 0 aliphatic carbocycles. The zero-order valence-electron chi connectivity index (χ0n) is 20.0. The van der Waals surface area contributed by atoms with Gasteiger partial charge in [0.05, 0.1) is 11.6 Å². The summed E-state index contributed by atoms with van der Waals surface area (Å²) in [4.78, 5) is 33.8. The van der Waals surface area contributed by atoms with Gasteiger partial charge in [-0.2, -0.15) is 4.31 Å². The molecule has 34 heavy (non-hydrogen) atoms. The molecule has 1 amide bonds. The van der Waals surface area contributed by atoms with Crippen LogP contribution in [0.15, 0.2) is 35.4 Å². The molecule has 0 radical (unpaired) electrons. The zero-order valence-corrected chi connectivity index (χ0v) is 21.6. The van der Waals surface area contributed by atoms with Gasteiger partial charge < -0.3 is 9.47 Å². The number of thiophene rings is 1. The quantitative estimate of drug-likeness (QED) is 0.529. The lowest BCUT2D eigenvalue weighted by Crippen LogP contribution is -2.52. The first-order valence-electron chi connectivity index (χ1n) is 11.0. The molecule has 1 atom stereocenters. The number of carbonyl (C=O) groups is 1. The van der Waals surface area contributed by atoms with E-state index >= 15 is 0 Å². The fourth-order valence-corrected chi connectivity index (χ4v) is 6.32. The predicted octanol–water partition coefficient (Wildman–Crippen LogP) is 2.11. The number of amides is 1. The van der Waals surface area contributed by atoms with Crippen LogP contribution in [0.25, 0.3) is 21.2 Å². The fraction of sp³-hybridized carbons (Fsp3) is 0.435. The summed E-state index contributed by atoms with van der Waals surface area (Å²) in [7, 11) is 0.212. The molecular weight excluding hydrogens is 474 g/mol. The second-order valence-electron chi connectivity index (χ2n) is 8.84. The Bertz CT molecular complexity index is 1410. The van der Waals surface area contributed by atoms with Gasteiger partial charge in [0.25, 0.3) is 5.56 Å². The summed E-state index contributed by atoms with van der Waals surface area (Å²) in [5.41, 5.74) is 1.72. The van der Waals surface area contributed by atoms with Crippen LogP contribution in [0.3, 0.4) is 0 Å². The van der Waals surface area contributed by atoms with Crippen molar-refractivity contribution in [2.75, 3.05) is 37.8 Å². The lowest BCUT2D eigenvalue weighted by atomic mass is 10.1.